The Hall–Kier alpha value is -1.79. The molecule has 25 heavy (non-hydrogen) atoms. The molecule has 3 rings (SSSR count). The molecule has 2 aromatic carbocycles. The molecule has 132 valence electrons. The van der Waals surface area contributed by atoms with Gasteiger partial charge in [0.2, 0.25) is 0 Å². The number of nitrogens with zero attached hydrogens (tertiary/aromatic N) is 2. The van der Waals surface area contributed by atoms with Gasteiger partial charge in [0.25, 0.3) is 0 Å². The minimum absolute atomic E-state index is 0.0175. The third kappa shape index (κ3) is 4.44. The molecule has 0 spiro atoms. The summed E-state index contributed by atoms with van der Waals surface area (Å²) in [6, 6.07) is 16.4. The van der Waals surface area contributed by atoms with Gasteiger partial charge < -0.3 is 15.1 Å². The Morgan fingerprint density at radius 1 is 0.960 bits per heavy atom. The summed E-state index contributed by atoms with van der Waals surface area (Å²) in [4.78, 5) is 19.2. The number of anilines is 2. The van der Waals surface area contributed by atoms with E-state index in [1.54, 1.807) is 23.5 Å². The zero-order valence-electron chi connectivity index (χ0n) is 14.6. The highest BCUT2D eigenvalue weighted by atomic mass is 32.2. The molecule has 0 saturated carbocycles. The molecule has 2 aromatic rings. The summed E-state index contributed by atoms with van der Waals surface area (Å²) in [6.07, 6.45) is 4.14. The van der Waals surface area contributed by atoms with Crippen molar-refractivity contribution in [2.45, 2.75) is 9.79 Å². The van der Waals surface area contributed by atoms with E-state index >= 15 is 0 Å². The van der Waals surface area contributed by atoms with Crippen LogP contribution in [0.1, 0.15) is 0 Å². The van der Waals surface area contributed by atoms with Gasteiger partial charge in [0.15, 0.2) is 0 Å². The van der Waals surface area contributed by atoms with E-state index in [4.69, 9.17) is 0 Å². The number of urea groups is 1. The molecule has 4 nitrogen and oxygen atoms in total. The number of hydrogen-bond acceptors (Lipinski definition) is 4. The number of carbonyl (C=O) groups excluding carboxylic acids is 1. The lowest BCUT2D eigenvalue weighted by Gasteiger charge is -2.36. The van der Waals surface area contributed by atoms with E-state index in [9.17, 15) is 4.79 Å². The van der Waals surface area contributed by atoms with Gasteiger partial charge in [-0.25, -0.2) is 4.79 Å². The Morgan fingerprint density at radius 3 is 2.44 bits per heavy atom. The summed E-state index contributed by atoms with van der Waals surface area (Å²) in [5.41, 5.74) is 2.12. The molecule has 0 radical (unpaired) electrons. The van der Waals surface area contributed by atoms with E-state index in [1.807, 2.05) is 35.4 Å². The van der Waals surface area contributed by atoms with Crippen molar-refractivity contribution < 1.29 is 4.79 Å². The topological polar surface area (TPSA) is 35.6 Å². The van der Waals surface area contributed by atoms with Crippen molar-refractivity contribution in [3.05, 3.63) is 48.5 Å². The molecule has 0 atom stereocenters. The number of para-hydroxylation sites is 1. The van der Waals surface area contributed by atoms with Gasteiger partial charge in [-0.15, -0.1) is 23.5 Å². The van der Waals surface area contributed by atoms with E-state index in [0.29, 0.717) is 0 Å². The molecular weight excluding hydrogens is 350 g/mol. The van der Waals surface area contributed by atoms with Gasteiger partial charge in [0, 0.05) is 41.7 Å². The number of piperazine rings is 1. The molecular formula is C19H23N3OS2. The highest BCUT2D eigenvalue weighted by Gasteiger charge is 2.22. The van der Waals surface area contributed by atoms with Gasteiger partial charge in [-0.3, -0.25) is 0 Å². The van der Waals surface area contributed by atoms with Crippen molar-refractivity contribution in [3.8, 4) is 0 Å². The van der Waals surface area contributed by atoms with E-state index in [0.717, 1.165) is 36.8 Å². The lowest BCUT2D eigenvalue weighted by Crippen LogP contribution is -2.50. The van der Waals surface area contributed by atoms with Gasteiger partial charge in [-0.2, -0.15) is 0 Å². The average Bonchev–Trinajstić information content (AvgIpc) is 2.68. The Morgan fingerprint density at radius 2 is 1.72 bits per heavy atom. The van der Waals surface area contributed by atoms with Crippen LogP contribution in [0.5, 0.6) is 0 Å². The van der Waals surface area contributed by atoms with Crippen LogP contribution in [0.2, 0.25) is 0 Å². The summed E-state index contributed by atoms with van der Waals surface area (Å²) in [5.74, 6) is 0. The molecule has 0 bridgehead atoms. The SMILES string of the molecule is CSc1cccc(NC(=O)N2CCN(c3ccccc3SC)CC2)c1. The van der Waals surface area contributed by atoms with Crippen molar-refractivity contribution >= 4 is 40.9 Å². The minimum atomic E-state index is -0.0175. The number of carbonyl (C=O) groups is 1. The molecule has 1 saturated heterocycles. The van der Waals surface area contributed by atoms with Gasteiger partial charge in [-0.1, -0.05) is 18.2 Å². The fourth-order valence-electron chi connectivity index (χ4n) is 2.94. The molecule has 6 heteroatoms. The van der Waals surface area contributed by atoms with E-state index in [1.165, 1.54) is 10.6 Å². The van der Waals surface area contributed by atoms with Crippen molar-refractivity contribution in [3.63, 3.8) is 0 Å². The standard InChI is InChI=1S/C19H23N3OS2/c1-24-16-7-5-6-15(14-16)20-19(23)22-12-10-21(11-13-22)17-8-3-4-9-18(17)25-2/h3-9,14H,10-13H2,1-2H3,(H,20,23). The third-order valence-corrected chi connectivity index (χ3v) is 5.82. The van der Waals surface area contributed by atoms with Gasteiger partial charge >= 0.3 is 6.03 Å². The van der Waals surface area contributed by atoms with Crippen LogP contribution in [0.4, 0.5) is 16.2 Å². The van der Waals surface area contributed by atoms with Crippen LogP contribution >= 0.6 is 23.5 Å². The van der Waals surface area contributed by atoms with E-state index < -0.39 is 0 Å². The number of nitrogens with one attached hydrogen (secondary N) is 1. The lowest BCUT2D eigenvalue weighted by atomic mass is 10.2. The lowest BCUT2D eigenvalue weighted by molar-refractivity contribution is 0.208. The second kappa shape index (κ2) is 8.54. The first-order chi connectivity index (χ1) is 12.2. The second-order valence-electron chi connectivity index (χ2n) is 5.81. The highest BCUT2D eigenvalue weighted by Crippen LogP contribution is 2.29. The minimum Gasteiger partial charge on any atom is -0.367 e. The summed E-state index contributed by atoms with van der Waals surface area (Å²) in [6.45, 7) is 3.18. The number of amides is 2. The van der Waals surface area contributed by atoms with Crippen LogP contribution in [0.15, 0.2) is 58.3 Å². The Balaban J connectivity index is 1.59. The van der Waals surface area contributed by atoms with Gasteiger partial charge in [-0.05, 0) is 42.8 Å². The highest BCUT2D eigenvalue weighted by molar-refractivity contribution is 7.99. The normalized spacial score (nSPS) is 14.5. The predicted octanol–water partition coefficient (Wildman–Crippen LogP) is 4.48. The molecule has 1 fully saturated rings. The van der Waals surface area contributed by atoms with E-state index in [2.05, 4.69) is 40.7 Å². The Kier molecular flexibility index (Phi) is 6.15. The zero-order chi connectivity index (χ0) is 17.6. The maximum Gasteiger partial charge on any atom is 0.321 e. The fraction of sp³-hybridized carbons (Fsp3) is 0.316. The summed E-state index contributed by atoms with van der Waals surface area (Å²) in [5, 5.41) is 3.01. The number of benzene rings is 2. The number of hydrogen-bond donors (Lipinski definition) is 1. The van der Waals surface area contributed by atoms with E-state index in [-0.39, 0.29) is 6.03 Å². The first-order valence-electron chi connectivity index (χ1n) is 8.29. The zero-order valence-corrected chi connectivity index (χ0v) is 16.2. The summed E-state index contributed by atoms with van der Waals surface area (Å²) in [7, 11) is 0. The average molecular weight is 374 g/mol. The van der Waals surface area contributed by atoms with Crippen LogP contribution in [0.25, 0.3) is 0 Å². The van der Waals surface area contributed by atoms with Crippen LogP contribution < -0.4 is 10.2 Å². The van der Waals surface area contributed by atoms with Crippen molar-refractivity contribution in [2.24, 2.45) is 0 Å². The van der Waals surface area contributed by atoms with Crippen molar-refractivity contribution in [2.75, 3.05) is 48.9 Å². The fourth-order valence-corrected chi connectivity index (χ4v) is 4.03. The molecule has 1 heterocycles. The smallest absolute Gasteiger partial charge is 0.321 e. The van der Waals surface area contributed by atoms with Gasteiger partial charge in [0.05, 0.1) is 5.69 Å². The molecule has 1 aliphatic heterocycles. The molecule has 1 N–H and O–H groups in total. The maximum atomic E-state index is 12.5. The van der Waals surface area contributed by atoms with Crippen molar-refractivity contribution in [1.29, 1.82) is 0 Å². The Bertz CT molecular complexity index is 730. The predicted molar refractivity (Wildman–Crippen MR) is 109 cm³/mol. The summed E-state index contributed by atoms with van der Waals surface area (Å²) >= 11 is 3.44. The Labute approximate surface area is 158 Å². The molecule has 1 aliphatic rings. The molecule has 2 amide bonds. The largest absolute Gasteiger partial charge is 0.367 e. The number of rotatable bonds is 4. The quantitative estimate of drug-likeness (QED) is 0.801. The monoisotopic (exact) mass is 373 g/mol. The first kappa shape index (κ1) is 18.0. The third-order valence-electron chi connectivity index (χ3n) is 4.31. The van der Waals surface area contributed by atoms with Crippen LogP contribution in [0.3, 0.4) is 0 Å². The first-order valence-corrected chi connectivity index (χ1v) is 10.7. The molecule has 0 unspecified atom stereocenters. The van der Waals surface area contributed by atoms with Crippen molar-refractivity contribution in [1.82, 2.24) is 4.90 Å². The molecule has 0 aromatic heterocycles. The molecule has 0 aliphatic carbocycles. The van der Waals surface area contributed by atoms with Crippen LogP contribution in [-0.2, 0) is 0 Å². The van der Waals surface area contributed by atoms with Gasteiger partial charge in [0.1, 0.15) is 0 Å². The summed E-state index contributed by atoms with van der Waals surface area (Å²) < 4.78 is 0. The maximum absolute atomic E-state index is 12.5. The van der Waals surface area contributed by atoms with Crippen LogP contribution in [0, 0.1) is 0 Å². The number of thioether (sulfide) groups is 2. The van der Waals surface area contributed by atoms with Crippen LogP contribution in [-0.4, -0.2) is 49.6 Å². The second-order valence-corrected chi connectivity index (χ2v) is 7.54.